The first-order valence-corrected chi connectivity index (χ1v) is 6.25. The van der Waals surface area contributed by atoms with Crippen molar-refractivity contribution in [3.8, 4) is 11.5 Å². The Bertz CT molecular complexity index is 722. The molecule has 0 radical (unpaired) electrons. The van der Waals surface area contributed by atoms with Crippen molar-refractivity contribution < 1.29 is 14.1 Å². The van der Waals surface area contributed by atoms with E-state index in [2.05, 4.69) is 25.1 Å². The van der Waals surface area contributed by atoms with Crippen LogP contribution in [0.5, 0.6) is 11.5 Å². The van der Waals surface area contributed by atoms with E-state index in [1.807, 2.05) is 6.07 Å². The monoisotopic (exact) mass is 304 g/mol. The lowest BCUT2D eigenvalue weighted by Gasteiger charge is -2.08. The fraction of sp³-hybridized carbons (Fsp3) is 0.231. The van der Waals surface area contributed by atoms with E-state index in [0.29, 0.717) is 17.2 Å². The molecule has 0 unspecified atom stereocenters. The topological polar surface area (TPSA) is 134 Å². The van der Waals surface area contributed by atoms with Crippen molar-refractivity contribution in [2.75, 3.05) is 20.0 Å². The van der Waals surface area contributed by atoms with Crippen molar-refractivity contribution in [2.24, 2.45) is 15.9 Å². The highest BCUT2D eigenvalue weighted by Gasteiger charge is 2.11. The minimum atomic E-state index is 0.0126. The van der Waals surface area contributed by atoms with E-state index >= 15 is 0 Å². The van der Waals surface area contributed by atoms with Gasteiger partial charge >= 0.3 is 0 Å². The standard InChI is InChI=1S/C13H16N6O3/c1-7(8-4-5-9(20-2)10(6-8)21-3)16-17-12(14)11-13(15)19-22-18-11/h4-6H,1-3H3,(H2,14,17)(H2,15,19)/b16-7+. The van der Waals surface area contributed by atoms with Gasteiger partial charge in [0.15, 0.2) is 28.8 Å². The van der Waals surface area contributed by atoms with Crippen molar-refractivity contribution in [1.82, 2.24) is 10.3 Å². The molecule has 9 nitrogen and oxygen atoms in total. The molecule has 2 rings (SSSR count). The summed E-state index contributed by atoms with van der Waals surface area (Å²) in [5, 5.41) is 14.9. The average Bonchev–Trinajstić information content (AvgIpc) is 2.97. The van der Waals surface area contributed by atoms with E-state index in [-0.39, 0.29) is 17.3 Å². The van der Waals surface area contributed by atoms with Crippen molar-refractivity contribution >= 4 is 17.4 Å². The molecule has 2 aromatic rings. The summed E-state index contributed by atoms with van der Waals surface area (Å²) in [5.74, 6) is 1.29. The molecule has 1 heterocycles. The van der Waals surface area contributed by atoms with Gasteiger partial charge in [0.1, 0.15) is 0 Å². The maximum absolute atomic E-state index is 5.72. The molecular formula is C13H16N6O3. The zero-order valence-electron chi connectivity index (χ0n) is 12.4. The fourth-order valence-electron chi connectivity index (χ4n) is 1.67. The molecule has 1 aromatic heterocycles. The Morgan fingerprint density at radius 1 is 1.14 bits per heavy atom. The van der Waals surface area contributed by atoms with Gasteiger partial charge in [0.05, 0.1) is 19.9 Å². The Morgan fingerprint density at radius 2 is 1.86 bits per heavy atom. The maximum Gasteiger partial charge on any atom is 0.199 e. The lowest BCUT2D eigenvalue weighted by molar-refractivity contribution is 0.308. The number of nitrogens with two attached hydrogens (primary N) is 2. The Morgan fingerprint density at radius 3 is 2.45 bits per heavy atom. The van der Waals surface area contributed by atoms with E-state index in [0.717, 1.165) is 5.56 Å². The fourth-order valence-corrected chi connectivity index (χ4v) is 1.67. The Kier molecular flexibility index (Phi) is 4.57. The van der Waals surface area contributed by atoms with Gasteiger partial charge < -0.3 is 20.9 Å². The number of benzene rings is 1. The molecule has 0 bridgehead atoms. The number of amidine groups is 1. The highest BCUT2D eigenvalue weighted by molar-refractivity contribution is 6.02. The molecule has 0 spiro atoms. The summed E-state index contributed by atoms with van der Waals surface area (Å²) in [6.45, 7) is 1.78. The van der Waals surface area contributed by atoms with E-state index in [1.54, 1.807) is 33.3 Å². The summed E-state index contributed by atoms with van der Waals surface area (Å²) in [6, 6.07) is 5.40. The minimum Gasteiger partial charge on any atom is -0.493 e. The van der Waals surface area contributed by atoms with Crippen LogP contribution in [0.4, 0.5) is 5.82 Å². The quantitative estimate of drug-likeness (QED) is 0.474. The minimum absolute atomic E-state index is 0.0126. The molecule has 22 heavy (non-hydrogen) atoms. The van der Waals surface area contributed by atoms with Crippen LogP contribution >= 0.6 is 0 Å². The van der Waals surface area contributed by atoms with Gasteiger partial charge in [-0.15, -0.1) is 5.10 Å². The molecule has 0 amide bonds. The molecule has 0 aliphatic rings. The van der Waals surface area contributed by atoms with Crippen LogP contribution < -0.4 is 20.9 Å². The average molecular weight is 304 g/mol. The second kappa shape index (κ2) is 6.57. The van der Waals surface area contributed by atoms with Crippen molar-refractivity contribution in [1.29, 1.82) is 0 Å². The van der Waals surface area contributed by atoms with Crippen LogP contribution in [0, 0.1) is 0 Å². The number of nitrogen functional groups attached to an aromatic ring is 1. The third-order valence-electron chi connectivity index (χ3n) is 2.87. The molecule has 9 heteroatoms. The Hall–Kier alpha value is -3.10. The molecule has 0 aliphatic carbocycles. The molecular weight excluding hydrogens is 288 g/mol. The van der Waals surface area contributed by atoms with E-state index in [9.17, 15) is 0 Å². The van der Waals surface area contributed by atoms with Crippen molar-refractivity contribution in [3.63, 3.8) is 0 Å². The number of rotatable bonds is 5. The van der Waals surface area contributed by atoms with Gasteiger partial charge in [-0.1, -0.05) is 0 Å². The van der Waals surface area contributed by atoms with Crippen LogP contribution in [0.15, 0.2) is 33.0 Å². The summed E-state index contributed by atoms with van der Waals surface area (Å²) in [4.78, 5) is 0. The number of aromatic nitrogens is 2. The molecule has 4 N–H and O–H groups in total. The largest absolute Gasteiger partial charge is 0.493 e. The highest BCUT2D eigenvalue weighted by Crippen LogP contribution is 2.27. The number of ether oxygens (including phenoxy) is 2. The lowest BCUT2D eigenvalue weighted by Crippen LogP contribution is -2.15. The second-order valence-corrected chi connectivity index (χ2v) is 4.24. The number of anilines is 1. The van der Waals surface area contributed by atoms with Gasteiger partial charge in [-0.3, -0.25) is 0 Å². The second-order valence-electron chi connectivity index (χ2n) is 4.24. The third kappa shape index (κ3) is 3.14. The molecule has 0 atom stereocenters. The third-order valence-corrected chi connectivity index (χ3v) is 2.87. The number of methoxy groups -OCH3 is 2. The summed E-state index contributed by atoms with van der Waals surface area (Å²) in [6.07, 6.45) is 0. The first-order chi connectivity index (χ1) is 10.6. The molecule has 0 saturated heterocycles. The van der Waals surface area contributed by atoms with E-state index in [4.69, 9.17) is 20.9 Å². The van der Waals surface area contributed by atoms with Crippen LogP contribution in [0.3, 0.4) is 0 Å². The van der Waals surface area contributed by atoms with Gasteiger partial charge in [0, 0.05) is 5.56 Å². The normalized spacial score (nSPS) is 12.3. The number of hydrogen-bond donors (Lipinski definition) is 2. The van der Waals surface area contributed by atoms with Crippen LogP contribution in [-0.4, -0.2) is 36.1 Å². The SMILES string of the molecule is COc1ccc(/C(C)=N/N=C(\N)c2nonc2N)cc1OC. The summed E-state index contributed by atoms with van der Waals surface area (Å²) < 4.78 is 14.9. The molecule has 0 saturated carbocycles. The van der Waals surface area contributed by atoms with E-state index < -0.39 is 0 Å². The van der Waals surface area contributed by atoms with Crippen LogP contribution in [0.1, 0.15) is 18.2 Å². The van der Waals surface area contributed by atoms with Gasteiger partial charge in [0.25, 0.3) is 0 Å². The van der Waals surface area contributed by atoms with Gasteiger partial charge in [-0.2, -0.15) is 5.10 Å². The predicted octanol–water partition coefficient (Wildman–Crippen LogP) is 0.798. The molecule has 0 aliphatic heterocycles. The van der Waals surface area contributed by atoms with Crippen LogP contribution in [0.25, 0.3) is 0 Å². The maximum atomic E-state index is 5.72. The number of nitrogens with zero attached hydrogens (tertiary/aromatic N) is 4. The van der Waals surface area contributed by atoms with Crippen LogP contribution in [-0.2, 0) is 0 Å². The van der Waals surface area contributed by atoms with Crippen molar-refractivity contribution in [3.05, 3.63) is 29.5 Å². The Labute approximate surface area is 126 Å². The van der Waals surface area contributed by atoms with Gasteiger partial charge in [-0.05, 0) is 35.4 Å². The highest BCUT2D eigenvalue weighted by atomic mass is 16.6. The zero-order chi connectivity index (χ0) is 16.1. The lowest BCUT2D eigenvalue weighted by atomic mass is 10.1. The van der Waals surface area contributed by atoms with Crippen LogP contribution in [0.2, 0.25) is 0 Å². The van der Waals surface area contributed by atoms with Gasteiger partial charge in [-0.25, -0.2) is 4.63 Å². The van der Waals surface area contributed by atoms with Crippen molar-refractivity contribution in [2.45, 2.75) is 6.92 Å². The molecule has 0 fully saturated rings. The zero-order valence-corrected chi connectivity index (χ0v) is 12.4. The Balaban J connectivity index is 2.27. The predicted molar refractivity (Wildman–Crippen MR) is 81.2 cm³/mol. The van der Waals surface area contributed by atoms with Gasteiger partial charge in [0.2, 0.25) is 0 Å². The summed E-state index contributed by atoms with van der Waals surface area (Å²) in [7, 11) is 3.13. The smallest absolute Gasteiger partial charge is 0.199 e. The number of hydrogen-bond acceptors (Lipinski definition) is 8. The first kappa shape index (κ1) is 15.3. The summed E-state index contributed by atoms with van der Waals surface area (Å²) >= 11 is 0. The molecule has 1 aromatic carbocycles. The summed E-state index contributed by atoms with van der Waals surface area (Å²) in [5.41, 5.74) is 12.8. The van der Waals surface area contributed by atoms with E-state index in [1.165, 1.54) is 0 Å². The molecule has 116 valence electrons. The first-order valence-electron chi connectivity index (χ1n) is 6.25.